The zero-order valence-electron chi connectivity index (χ0n) is 12.8. The highest BCUT2D eigenvalue weighted by molar-refractivity contribution is 8.18. The van der Waals surface area contributed by atoms with Crippen molar-refractivity contribution in [3.05, 3.63) is 64.1 Å². The molecule has 0 atom stereocenters. The number of amides is 1. The van der Waals surface area contributed by atoms with Gasteiger partial charge in [0.15, 0.2) is 5.17 Å². The van der Waals surface area contributed by atoms with E-state index in [1.807, 2.05) is 26.0 Å². The second-order valence-corrected chi connectivity index (χ2v) is 6.39. The van der Waals surface area contributed by atoms with Crippen molar-refractivity contribution in [3.63, 3.8) is 0 Å². The van der Waals surface area contributed by atoms with Gasteiger partial charge in [-0.2, -0.15) is 0 Å². The predicted molar refractivity (Wildman–Crippen MR) is 94.8 cm³/mol. The van der Waals surface area contributed by atoms with E-state index in [-0.39, 0.29) is 11.7 Å². The van der Waals surface area contributed by atoms with Crippen LogP contribution < -0.4 is 5.32 Å². The van der Waals surface area contributed by atoms with Gasteiger partial charge >= 0.3 is 0 Å². The molecule has 0 aromatic heterocycles. The summed E-state index contributed by atoms with van der Waals surface area (Å²) in [5.41, 5.74) is 3.96. The average Bonchev–Trinajstić information content (AvgIpc) is 2.84. The molecule has 2 N–H and O–H groups in total. The van der Waals surface area contributed by atoms with Gasteiger partial charge in [-0.25, -0.2) is 4.99 Å². The molecule has 1 aliphatic heterocycles. The van der Waals surface area contributed by atoms with Crippen LogP contribution in [0.25, 0.3) is 6.08 Å². The minimum atomic E-state index is -0.161. The number of benzene rings is 2. The fourth-order valence-electron chi connectivity index (χ4n) is 2.24. The van der Waals surface area contributed by atoms with Crippen molar-refractivity contribution in [1.82, 2.24) is 5.32 Å². The van der Waals surface area contributed by atoms with E-state index in [0.29, 0.717) is 10.1 Å². The molecule has 1 saturated heterocycles. The molecule has 1 amide bonds. The Balaban J connectivity index is 1.84. The molecule has 1 fully saturated rings. The largest absolute Gasteiger partial charge is 0.508 e. The molecule has 2 aromatic carbocycles. The third-order valence-corrected chi connectivity index (χ3v) is 4.33. The number of phenols is 1. The summed E-state index contributed by atoms with van der Waals surface area (Å²) in [5, 5.41) is 12.7. The first-order chi connectivity index (χ1) is 11.0. The number of aryl methyl sites for hydroxylation is 2. The van der Waals surface area contributed by atoms with Gasteiger partial charge in [0, 0.05) is 0 Å². The molecule has 0 spiro atoms. The second-order valence-electron chi connectivity index (χ2n) is 5.36. The van der Waals surface area contributed by atoms with E-state index >= 15 is 0 Å². The smallest absolute Gasteiger partial charge is 0.264 e. The van der Waals surface area contributed by atoms with Crippen molar-refractivity contribution >= 4 is 34.6 Å². The highest BCUT2D eigenvalue weighted by Crippen LogP contribution is 2.29. The molecule has 2 aromatic rings. The SMILES string of the molecule is Cc1ccc(N=C2NC(=O)C(=Cc3ccc(O)cc3)S2)c(C)c1. The van der Waals surface area contributed by atoms with Crippen LogP contribution in [-0.4, -0.2) is 16.2 Å². The number of thioether (sulfide) groups is 1. The summed E-state index contributed by atoms with van der Waals surface area (Å²) in [5.74, 6) is 0.0411. The fourth-order valence-corrected chi connectivity index (χ4v) is 3.08. The van der Waals surface area contributed by atoms with Gasteiger partial charge in [-0.1, -0.05) is 29.8 Å². The van der Waals surface area contributed by atoms with Gasteiger partial charge in [0.2, 0.25) is 0 Å². The van der Waals surface area contributed by atoms with Crippen LogP contribution in [0, 0.1) is 13.8 Å². The molecule has 0 bridgehead atoms. The Kier molecular flexibility index (Phi) is 4.21. The number of aliphatic imine (C=N–C) groups is 1. The molecule has 0 saturated carbocycles. The molecule has 1 heterocycles. The minimum absolute atomic E-state index is 0.161. The Morgan fingerprint density at radius 1 is 1.13 bits per heavy atom. The summed E-state index contributed by atoms with van der Waals surface area (Å²) in [4.78, 5) is 17.2. The first kappa shape index (κ1) is 15.4. The molecule has 1 aliphatic rings. The van der Waals surface area contributed by atoms with Crippen molar-refractivity contribution in [3.8, 4) is 5.75 Å². The van der Waals surface area contributed by atoms with Gasteiger partial charge in [-0.05, 0) is 61.0 Å². The predicted octanol–water partition coefficient (Wildman–Crippen LogP) is 3.90. The molecule has 5 heteroatoms. The van der Waals surface area contributed by atoms with Crippen LogP contribution in [0.15, 0.2) is 52.4 Å². The number of amidine groups is 1. The van der Waals surface area contributed by atoms with Gasteiger partial charge in [0.1, 0.15) is 5.75 Å². The first-order valence-electron chi connectivity index (χ1n) is 7.17. The Bertz CT molecular complexity index is 823. The normalized spacial score (nSPS) is 17.7. The zero-order valence-corrected chi connectivity index (χ0v) is 13.6. The van der Waals surface area contributed by atoms with Crippen molar-refractivity contribution in [2.45, 2.75) is 13.8 Å². The van der Waals surface area contributed by atoms with Gasteiger partial charge in [-0.15, -0.1) is 0 Å². The van der Waals surface area contributed by atoms with Gasteiger partial charge in [-0.3, -0.25) is 4.79 Å². The summed E-state index contributed by atoms with van der Waals surface area (Å²) >= 11 is 1.31. The van der Waals surface area contributed by atoms with Crippen LogP contribution in [0.1, 0.15) is 16.7 Å². The van der Waals surface area contributed by atoms with Crippen LogP contribution in [0.4, 0.5) is 5.69 Å². The number of phenolic OH excluding ortho intramolecular Hbond substituents is 1. The quantitative estimate of drug-likeness (QED) is 0.824. The molecule has 0 radical (unpaired) electrons. The fraction of sp³-hybridized carbons (Fsp3) is 0.111. The number of carbonyl (C=O) groups is 1. The lowest BCUT2D eigenvalue weighted by Crippen LogP contribution is -2.19. The number of nitrogens with one attached hydrogen (secondary N) is 1. The summed E-state index contributed by atoms with van der Waals surface area (Å²) in [6, 6.07) is 12.7. The van der Waals surface area contributed by atoms with Crippen molar-refractivity contribution < 1.29 is 9.90 Å². The van der Waals surface area contributed by atoms with E-state index in [1.165, 1.54) is 17.3 Å². The van der Waals surface area contributed by atoms with Crippen LogP contribution in [0.5, 0.6) is 5.75 Å². The molecule has 116 valence electrons. The topological polar surface area (TPSA) is 61.7 Å². The molecule has 0 unspecified atom stereocenters. The van der Waals surface area contributed by atoms with E-state index in [2.05, 4.69) is 16.4 Å². The summed E-state index contributed by atoms with van der Waals surface area (Å²) in [7, 11) is 0. The second kappa shape index (κ2) is 6.30. The third-order valence-electron chi connectivity index (χ3n) is 3.42. The molecular weight excluding hydrogens is 308 g/mol. The van der Waals surface area contributed by atoms with Crippen LogP contribution in [0.3, 0.4) is 0 Å². The monoisotopic (exact) mass is 324 g/mol. The van der Waals surface area contributed by atoms with Crippen molar-refractivity contribution in [2.24, 2.45) is 4.99 Å². The zero-order chi connectivity index (χ0) is 16.4. The molecular formula is C18H16N2O2S. The Labute approximate surface area is 139 Å². The van der Waals surface area contributed by atoms with Crippen LogP contribution in [-0.2, 0) is 4.79 Å². The van der Waals surface area contributed by atoms with E-state index in [4.69, 9.17) is 0 Å². The van der Waals surface area contributed by atoms with E-state index in [9.17, 15) is 9.90 Å². The number of aromatic hydroxyl groups is 1. The highest BCUT2D eigenvalue weighted by atomic mass is 32.2. The number of hydrogen-bond acceptors (Lipinski definition) is 4. The van der Waals surface area contributed by atoms with Crippen LogP contribution >= 0.6 is 11.8 Å². The molecule has 0 aliphatic carbocycles. The maximum absolute atomic E-state index is 12.1. The lowest BCUT2D eigenvalue weighted by molar-refractivity contribution is -0.115. The van der Waals surface area contributed by atoms with Gasteiger partial charge in [0.25, 0.3) is 5.91 Å². The van der Waals surface area contributed by atoms with Gasteiger partial charge < -0.3 is 10.4 Å². The van der Waals surface area contributed by atoms with E-state index in [1.54, 1.807) is 30.3 Å². The van der Waals surface area contributed by atoms with E-state index in [0.717, 1.165) is 16.8 Å². The Morgan fingerprint density at radius 2 is 1.87 bits per heavy atom. The number of carbonyl (C=O) groups excluding carboxylic acids is 1. The lowest BCUT2D eigenvalue weighted by atomic mass is 10.1. The van der Waals surface area contributed by atoms with Crippen LogP contribution in [0.2, 0.25) is 0 Å². The third kappa shape index (κ3) is 3.63. The van der Waals surface area contributed by atoms with E-state index < -0.39 is 0 Å². The molecule has 23 heavy (non-hydrogen) atoms. The van der Waals surface area contributed by atoms with Crippen molar-refractivity contribution in [1.29, 1.82) is 0 Å². The molecule has 4 nitrogen and oxygen atoms in total. The maximum atomic E-state index is 12.1. The number of rotatable bonds is 2. The summed E-state index contributed by atoms with van der Waals surface area (Å²) in [6.07, 6.45) is 1.78. The summed E-state index contributed by atoms with van der Waals surface area (Å²) in [6.45, 7) is 4.04. The summed E-state index contributed by atoms with van der Waals surface area (Å²) < 4.78 is 0. The average molecular weight is 324 g/mol. The Morgan fingerprint density at radius 3 is 2.57 bits per heavy atom. The first-order valence-corrected chi connectivity index (χ1v) is 7.99. The minimum Gasteiger partial charge on any atom is -0.508 e. The lowest BCUT2D eigenvalue weighted by Gasteiger charge is -2.02. The molecule has 3 rings (SSSR count). The van der Waals surface area contributed by atoms with Crippen molar-refractivity contribution in [2.75, 3.05) is 0 Å². The number of nitrogens with zero attached hydrogens (tertiary/aromatic N) is 1. The Hall–Kier alpha value is -2.53. The van der Waals surface area contributed by atoms with Gasteiger partial charge in [0.05, 0.1) is 10.6 Å². The highest BCUT2D eigenvalue weighted by Gasteiger charge is 2.23. The standard InChI is InChI=1S/C18H16N2O2S/c1-11-3-8-15(12(2)9-11)19-18-20-17(22)16(23-18)10-13-4-6-14(21)7-5-13/h3-10,21H,1-2H3,(H,19,20,22). The maximum Gasteiger partial charge on any atom is 0.264 e. The number of hydrogen-bond donors (Lipinski definition) is 2.